The van der Waals surface area contributed by atoms with E-state index in [0.717, 1.165) is 25.3 Å². The minimum atomic E-state index is -0.506. The van der Waals surface area contributed by atoms with Crippen molar-refractivity contribution in [1.29, 1.82) is 0 Å². The SMILES string of the molecule is CC(C)(C)OC(=O)COCCOCCOCCOCCOCCOCCOCCOCCOCCCCCCCl. The fourth-order valence-electron chi connectivity index (χ4n) is 2.94. The van der Waals surface area contributed by atoms with E-state index in [4.69, 9.17) is 59.0 Å². The number of halogens is 1. The van der Waals surface area contributed by atoms with E-state index in [2.05, 4.69) is 0 Å². The molecule has 0 N–H and O–H groups in total. The molecule has 0 aliphatic heterocycles. The van der Waals surface area contributed by atoms with Gasteiger partial charge in [-0.1, -0.05) is 12.8 Å². The molecule has 240 valence electrons. The van der Waals surface area contributed by atoms with Crippen molar-refractivity contribution in [2.45, 2.75) is 52.1 Å². The Labute approximate surface area is 246 Å². The van der Waals surface area contributed by atoms with Gasteiger partial charge < -0.3 is 47.4 Å². The fraction of sp³-hybridized carbons (Fsp3) is 0.964. The van der Waals surface area contributed by atoms with E-state index in [-0.39, 0.29) is 12.6 Å². The van der Waals surface area contributed by atoms with Gasteiger partial charge in [-0.25, -0.2) is 4.79 Å². The Hall–Kier alpha value is -0.600. The molecule has 0 fully saturated rings. The summed E-state index contributed by atoms with van der Waals surface area (Å²) in [6.45, 7) is 14.1. The number of unbranched alkanes of at least 4 members (excludes halogenated alkanes) is 3. The van der Waals surface area contributed by atoms with Crippen molar-refractivity contribution in [3.8, 4) is 0 Å². The third-order valence-electron chi connectivity index (χ3n) is 4.79. The second kappa shape index (κ2) is 31.3. The molecule has 40 heavy (non-hydrogen) atoms. The van der Waals surface area contributed by atoms with Crippen LogP contribution < -0.4 is 0 Å². The summed E-state index contributed by atoms with van der Waals surface area (Å²) in [6, 6.07) is 0. The molecule has 0 radical (unpaired) electrons. The zero-order valence-electron chi connectivity index (χ0n) is 25.1. The maximum absolute atomic E-state index is 11.5. The highest BCUT2D eigenvalue weighted by Crippen LogP contribution is 2.06. The molecule has 12 heteroatoms. The zero-order valence-corrected chi connectivity index (χ0v) is 25.9. The lowest BCUT2D eigenvalue weighted by Gasteiger charge is -2.19. The van der Waals surface area contributed by atoms with Gasteiger partial charge in [0.25, 0.3) is 0 Å². The van der Waals surface area contributed by atoms with Crippen LogP contribution >= 0.6 is 11.6 Å². The van der Waals surface area contributed by atoms with Crippen molar-refractivity contribution < 1.29 is 52.2 Å². The summed E-state index contributed by atoms with van der Waals surface area (Å²) in [5.74, 6) is 0.359. The molecule has 0 heterocycles. The second-order valence-corrected chi connectivity index (χ2v) is 10.0. The van der Waals surface area contributed by atoms with Gasteiger partial charge in [-0.3, -0.25) is 0 Å². The van der Waals surface area contributed by atoms with Gasteiger partial charge in [0.05, 0.1) is 106 Å². The smallest absolute Gasteiger partial charge is 0.332 e. The Morgan fingerprint density at radius 1 is 0.450 bits per heavy atom. The summed E-state index contributed by atoms with van der Waals surface area (Å²) in [5, 5.41) is 0. The third-order valence-corrected chi connectivity index (χ3v) is 5.06. The maximum atomic E-state index is 11.5. The molecular formula is C28H55ClO11. The van der Waals surface area contributed by atoms with Gasteiger partial charge in [0.2, 0.25) is 0 Å². The topological polar surface area (TPSA) is 109 Å². The molecule has 0 spiro atoms. The van der Waals surface area contributed by atoms with E-state index in [9.17, 15) is 4.79 Å². The Morgan fingerprint density at radius 2 is 0.750 bits per heavy atom. The highest BCUT2D eigenvalue weighted by molar-refractivity contribution is 6.17. The predicted molar refractivity (Wildman–Crippen MR) is 152 cm³/mol. The summed E-state index contributed by atoms with van der Waals surface area (Å²) >= 11 is 5.64. The Morgan fingerprint density at radius 3 is 1.07 bits per heavy atom. The van der Waals surface area contributed by atoms with Crippen molar-refractivity contribution in [1.82, 2.24) is 0 Å². The van der Waals surface area contributed by atoms with Crippen LogP contribution in [0.1, 0.15) is 46.5 Å². The lowest BCUT2D eigenvalue weighted by Crippen LogP contribution is -2.27. The van der Waals surface area contributed by atoms with Gasteiger partial charge in [-0.05, 0) is 33.6 Å². The third kappa shape index (κ3) is 35.4. The second-order valence-electron chi connectivity index (χ2n) is 9.64. The summed E-state index contributed by atoms with van der Waals surface area (Å²) < 4.78 is 54.0. The van der Waals surface area contributed by atoms with E-state index < -0.39 is 5.60 Å². The number of alkyl halides is 1. The van der Waals surface area contributed by atoms with Crippen LogP contribution in [0.25, 0.3) is 0 Å². The average molecular weight is 603 g/mol. The molecule has 0 amide bonds. The van der Waals surface area contributed by atoms with Crippen molar-refractivity contribution in [3.05, 3.63) is 0 Å². The zero-order chi connectivity index (χ0) is 29.4. The van der Waals surface area contributed by atoms with Crippen molar-refractivity contribution in [2.75, 3.05) is 125 Å². The first-order chi connectivity index (χ1) is 19.5. The van der Waals surface area contributed by atoms with Gasteiger partial charge in [0.1, 0.15) is 12.2 Å². The number of ether oxygens (including phenoxy) is 10. The van der Waals surface area contributed by atoms with E-state index in [1.54, 1.807) is 0 Å². The quantitative estimate of drug-likeness (QED) is 0.0643. The summed E-state index contributed by atoms with van der Waals surface area (Å²) in [4.78, 5) is 11.5. The first kappa shape index (κ1) is 39.4. The Kier molecular flexibility index (Phi) is 30.9. The highest BCUT2D eigenvalue weighted by atomic mass is 35.5. The van der Waals surface area contributed by atoms with E-state index in [1.165, 1.54) is 12.8 Å². The van der Waals surface area contributed by atoms with Gasteiger partial charge in [-0.15, -0.1) is 11.6 Å². The van der Waals surface area contributed by atoms with Crippen LogP contribution in [0.15, 0.2) is 0 Å². The molecule has 0 aromatic carbocycles. The monoisotopic (exact) mass is 602 g/mol. The van der Waals surface area contributed by atoms with Gasteiger partial charge >= 0.3 is 5.97 Å². The van der Waals surface area contributed by atoms with Crippen LogP contribution in [0.2, 0.25) is 0 Å². The normalized spacial score (nSPS) is 11.8. The fourth-order valence-corrected chi connectivity index (χ4v) is 3.13. The molecule has 0 rings (SSSR count). The molecule has 0 atom stereocenters. The number of hydrogen-bond acceptors (Lipinski definition) is 11. The van der Waals surface area contributed by atoms with Crippen molar-refractivity contribution in [2.24, 2.45) is 0 Å². The minimum Gasteiger partial charge on any atom is -0.458 e. The molecule has 0 aromatic heterocycles. The van der Waals surface area contributed by atoms with Crippen LogP contribution in [-0.4, -0.2) is 136 Å². The molecule has 0 aliphatic rings. The summed E-state index contributed by atoms with van der Waals surface area (Å²) in [5.41, 5.74) is -0.506. The number of carbonyl (C=O) groups excluding carboxylic acids is 1. The number of rotatable bonds is 32. The average Bonchev–Trinajstić information content (AvgIpc) is 2.90. The van der Waals surface area contributed by atoms with Gasteiger partial charge in [0.15, 0.2) is 0 Å². The van der Waals surface area contributed by atoms with Gasteiger partial charge in [0, 0.05) is 12.5 Å². The Balaban J connectivity index is 3.09. The lowest BCUT2D eigenvalue weighted by molar-refractivity contribution is -0.160. The first-order valence-electron chi connectivity index (χ1n) is 14.4. The number of esters is 1. The minimum absolute atomic E-state index is 0.0784. The number of carbonyl (C=O) groups is 1. The summed E-state index contributed by atoms with van der Waals surface area (Å²) in [7, 11) is 0. The van der Waals surface area contributed by atoms with E-state index >= 15 is 0 Å². The van der Waals surface area contributed by atoms with Crippen LogP contribution in [0, 0.1) is 0 Å². The maximum Gasteiger partial charge on any atom is 0.332 e. The van der Waals surface area contributed by atoms with Crippen LogP contribution in [0.3, 0.4) is 0 Å². The highest BCUT2D eigenvalue weighted by Gasteiger charge is 2.15. The van der Waals surface area contributed by atoms with Crippen LogP contribution in [0.4, 0.5) is 0 Å². The van der Waals surface area contributed by atoms with Crippen LogP contribution in [-0.2, 0) is 52.2 Å². The van der Waals surface area contributed by atoms with E-state index in [1.807, 2.05) is 20.8 Å². The van der Waals surface area contributed by atoms with Crippen molar-refractivity contribution >= 4 is 17.6 Å². The molecule has 11 nitrogen and oxygen atoms in total. The first-order valence-corrected chi connectivity index (χ1v) is 15.0. The predicted octanol–water partition coefficient (Wildman–Crippen LogP) is 3.28. The molecule has 0 saturated carbocycles. The standard InChI is InChI=1S/C28H55ClO11/c1-28(2,3)40-27(30)26-39-25-24-38-23-22-37-21-20-36-19-18-35-17-16-34-15-14-33-13-12-32-11-10-31-9-7-5-4-6-8-29/h4-26H2,1-3H3. The molecule has 0 bridgehead atoms. The van der Waals surface area contributed by atoms with Gasteiger partial charge in [-0.2, -0.15) is 0 Å². The molecule has 0 unspecified atom stereocenters. The lowest BCUT2D eigenvalue weighted by atomic mass is 10.2. The molecule has 0 saturated heterocycles. The molecule has 0 aliphatic carbocycles. The van der Waals surface area contributed by atoms with Crippen molar-refractivity contribution in [3.63, 3.8) is 0 Å². The largest absolute Gasteiger partial charge is 0.458 e. The van der Waals surface area contributed by atoms with E-state index in [0.29, 0.717) is 106 Å². The molecule has 0 aromatic rings. The number of hydrogen-bond donors (Lipinski definition) is 0. The van der Waals surface area contributed by atoms with Crippen LogP contribution in [0.5, 0.6) is 0 Å². The Bertz CT molecular complexity index is 521. The summed E-state index contributed by atoms with van der Waals surface area (Å²) in [6.07, 6.45) is 4.49. The molecular weight excluding hydrogens is 548 g/mol.